The van der Waals surface area contributed by atoms with Crippen LogP contribution in [0.25, 0.3) is 0 Å². The Labute approximate surface area is 124 Å². The summed E-state index contributed by atoms with van der Waals surface area (Å²) in [6, 6.07) is 6.82. The predicted octanol–water partition coefficient (Wildman–Crippen LogP) is 2.54. The molecule has 1 unspecified atom stereocenters. The fourth-order valence-corrected chi connectivity index (χ4v) is 3.21. The van der Waals surface area contributed by atoms with Gasteiger partial charge in [0, 0.05) is 19.0 Å². The van der Waals surface area contributed by atoms with Gasteiger partial charge in [0.15, 0.2) is 0 Å². The first-order valence-electron chi connectivity index (χ1n) is 7.64. The van der Waals surface area contributed by atoms with Gasteiger partial charge in [-0.1, -0.05) is 12.1 Å². The standard InChI is InChI=1S/C17H22FNO2/c18-14-5-3-4-13(8-14)9-17(20)10-15(11-17)19-12-16-6-1-2-7-21-16/h2-5,7-8,15-16,19-20H,1,6,9-12H2. The van der Waals surface area contributed by atoms with Crippen LogP contribution in [0.3, 0.4) is 0 Å². The fourth-order valence-electron chi connectivity index (χ4n) is 3.21. The van der Waals surface area contributed by atoms with E-state index in [4.69, 9.17) is 4.74 Å². The maximum atomic E-state index is 13.2. The van der Waals surface area contributed by atoms with Gasteiger partial charge in [0.2, 0.25) is 0 Å². The molecule has 1 atom stereocenters. The highest BCUT2D eigenvalue weighted by atomic mass is 19.1. The molecule has 1 aromatic rings. The number of rotatable bonds is 5. The highest BCUT2D eigenvalue weighted by Gasteiger charge is 2.42. The fraction of sp³-hybridized carbons (Fsp3) is 0.529. The summed E-state index contributed by atoms with van der Waals surface area (Å²) < 4.78 is 18.7. The van der Waals surface area contributed by atoms with E-state index >= 15 is 0 Å². The van der Waals surface area contributed by atoms with E-state index < -0.39 is 5.60 Å². The van der Waals surface area contributed by atoms with E-state index in [0.29, 0.717) is 25.3 Å². The zero-order valence-electron chi connectivity index (χ0n) is 12.1. The number of nitrogens with one attached hydrogen (secondary N) is 1. The number of hydrogen-bond donors (Lipinski definition) is 2. The predicted molar refractivity (Wildman–Crippen MR) is 79.3 cm³/mol. The molecule has 1 aliphatic heterocycles. The van der Waals surface area contributed by atoms with Crippen molar-refractivity contribution in [1.82, 2.24) is 5.32 Å². The lowest BCUT2D eigenvalue weighted by molar-refractivity contribution is -0.0575. The minimum Gasteiger partial charge on any atom is -0.497 e. The summed E-state index contributed by atoms with van der Waals surface area (Å²) in [5, 5.41) is 13.9. The molecule has 3 nitrogen and oxygen atoms in total. The van der Waals surface area contributed by atoms with Crippen LogP contribution in [0, 0.1) is 5.82 Å². The molecule has 0 saturated heterocycles. The van der Waals surface area contributed by atoms with Crippen LogP contribution in [0.1, 0.15) is 31.2 Å². The molecule has 1 saturated carbocycles. The van der Waals surface area contributed by atoms with Gasteiger partial charge in [-0.3, -0.25) is 0 Å². The second kappa shape index (κ2) is 6.16. The molecule has 0 bridgehead atoms. The largest absolute Gasteiger partial charge is 0.497 e. The third-order valence-corrected chi connectivity index (χ3v) is 4.33. The average molecular weight is 291 g/mol. The average Bonchev–Trinajstić information content (AvgIpc) is 2.44. The Morgan fingerprint density at radius 3 is 2.95 bits per heavy atom. The van der Waals surface area contributed by atoms with Crippen LogP contribution in [0.15, 0.2) is 36.6 Å². The maximum Gasteiger partial charge on any atom is 0.123 e. The second-order valence-corrected chi connectivity index (χ2v) is 6.25. The van der Waals surface area contributed by atoms with Gasteiger partial charge in [-0.2, -0.15) is 0 Å². The molecule has 114 valence electrons. The van der Waals surface area contributed by atoms with Crippen molar-refractivity contribution in [2.45, 2.75) is 49.9 Å². The molecule has 0 aromatic heterocycles. The van der Waals surface area contributed by atoms with E-state index in [1.54, 1.807) is 12.3 Å². The monoisotopic (exact) mass is 291 g/mol. The number of aliphatic hydroxyl groups is 1. The number of ether oxygens (including phenoxy) is 1. The highest BCUT2D eigenvalue weighted by Crippen LogP contribution is 2.35. The normalized spacial score (nSPS) is 31.5. The minimum absolute atomic E-state index is 0.243. The van der Waals surface area contributed by atoms with E-state index in [0.717, 1.165) is 24.9 Å². The topological polar surface area (TPSA) is 41.5 Å². The van der Waals surface area contributed by atoms with Crippen molar-refractivity contribution in [2.24, 2.45) is 0 Å². The quantitative estimate of drug-likeness (QED) is 0.876. The molecule has 1 aliphatic carbocycles. The van der Waals surface area contributed by atoms with Crippen LogP contribution < -0.4 is 5.32 Å². The molecule has 2 N–H and O–H groups in total. The van der Waals surface area contributed by atoms with Crippen LogP contribution in [-0.4, -0.2) is 29.4 Å². The first-order chi connectivity index (χ1) is 10.1. The smallest absolute Gasteiger partial charge is 0.123 e. The van der Waals surface area contributed by atoms with E-state index in [9.17, 15) is 9.50 Å². The third-order valence-electron chi connectivity index (χ3n) is 4.33. The summed E-state index contributed by atoms with van der Waals surface area (Å²) in [5.41, 5.74) is 0.162. The second-order valence-electron chi connectivity index (χ2n) is 6.25. The van der Waals surface area contributed by atoms with Crippen molar-refractivity contribution in [3.63, 3.8) is 0 Å². The van der Waals surface area contributed by atoms with Crippen molar-refractivity contribution >= 4 is 0 Å². The van der Waals surface area contributed by atoms with E-state index in [2.05, 4.69) is 5.32 Å². The van der Waals surface area contributed by atoms with Gasteiger partial charge in [0.1, 0.15) is 11.9 Å². The van der Waals surface area contributed by atoms with Crippen LogP contribution in [-0.2, 0) is 11.2 Å². The van der Waals surface area contributed by atoms with E-state index in [1.165, 1.54) is 12.1 Å². The van der Waals surface area contributed by atoms with Gasteiger partial charge in [0.05, 0.1) is 11.9 Å². The molecular weight excluding hydrogens is 269 g/mol. The summed E-state index contributed by atoms with van der Waals surface area (Å²) in [6.07, 6.45) is 8.12. The number of benzene rings is 1. The molecule has 4 heteroatoms. The van der Waals surface area contributed by atoms with Crippen molar-refractivity contribution in [1.29, 1.82) is 0 Å². The van der Waals surface area contributed by atoms with Gasteiger partial charge in [-0.05, 0) is 49.5 Å². The lowest BCUT2D eigenvalue weighted by Crippen LogP contribution is -2.56. The van der Waals surface area contributed by atoms with Crippen molar-refractivity contribution in [2.75, 3.05) is 6.54 Å². The molecule has 1 heterocycles. The van der Waals surface area contributed by atoms with Gasteiger partial charge < -0.3 is 15.2 Å². The Hall–Kier alpha value is -1.39. The first kappa shape index (κ1) is 14.5. The molecule has 0 amide bonds. The van der Waals surface area contributed by atoms with E-state index in [1.807, 2.05) is 12.1 Å². The first-order valence-corrected chi connectivity index (χ1v) is 7.64. The Morgan fingerprint density at radius 2 is 2.24 bits per heavy atom. The Balaban J connectivity index is 1.42. The summed E-state index contributed by atoms with van der Waals surface area (Å²) in [7, 11) is 0. The highest BCUT2D eigenvalue weighted by molar-refractivity contribution is 5.20. The Bertz CT molecular complexity index is 511. The number of halogens is 1. The Kier molecular flexibility index (Phi) is 4.27. The number of allylic oxidation sites excluding steroid dienone is 1. The van der Waals surface area contributed by atoms with Crippen molar-refractivity contribution in [3.05, 3.63) is 48.0 Å². The van der Waals surface area contributed by atoms with Gasteiger partial charge in [-0.25, -0.2) is 4.39 Å². The molecule has 3 rings (SSSR count). The Morgan fingerprint density at radius 1 is 1.38 bits per heavy atom. The zero-order chi connectivity index (χ0) is 14.7. The molecular formula is C17H22FNO2. The molecule has 1 fully saturated rings. The molecule has 21 heavy (non-hydrogen) atoms. The lowest BCUT2D eigenvalue weighted by Gasteiger charge is -2.44. The van der Waals surface area contributed by atoms with Crippen LogP contribution in [0.5, 0.6) is 0 Å². The summed E-state index contributed by atoms with van der Waals surface area (Å²) >= 11 is 0. The van der Waals surface area contributed by atoms with Crippen molar-refractivity contribution in [3.8, 4) is 0 Å². The van der Waals surface area contributed by atoms with Gasteiger partial charge in [0.25, 0.3) is 0 Å². The van der Waals surface area contributed by atoms with E-state index in [-0.39, 0.29) is 11.9 Å². The van der Waals surface area contributed by atoms with Crippen LogP contribution >= 0.6 is 0 Å². The maximum absolute atomic E-state index is 13.2. The zero-order valence-corrected chi connectivity index (χ0v) is 12.1. The number of hydrogen-bond acceptors (Lipinski definition) is 3. The lowest BCUT2D eigenvalue weighted by atomic mass is 9.72. The summed E-state index contributed by atoms with van der Waals surface area (Å²) in [6.45, 7) is 0.824. The van der Waals surface area contributed by atoms with Crippen LogP contribution in [0.2, 0.25) is 0 Å². The summed E-state index contributed by atoms with van der Waals surface area (Å²) in [4.78, 5) is 0. The molecule has 2 aliphatic rings. The van der Waals surface area contributed by atoms with Crippen molar-refractivity contribution < 1.29 is 14.2 Å². The summed E-state index contributed by atoms with van der Waals surface area (Å²) in [5.74, 6) is -0.243. The molecule has 0 spiro atoms. The molecule has 1 aromatic carbocycles. The SMILES string of the molecule is OC1(Cc2cccc(F)c2)CC(NCC2CCC=CO2)C1. The van der Waals surface area contributed by atoms with Gasteiger partial charge in [-0.15, -0.1) is 0 Å². The third kappa shape index (κ3) is 3.83. The van der Waals surface area contributed by atoms with Gasteiger partial charge >= 0.3 is 0 Å². The molecule has 0 radical (unpaired) electrons. The minimum atomic E-state index is -0.696. The van der Waals surface area contributed by atoms with Crippen LogP contribution in [0.4, 0.5) is 4.39 Å².